The van der Waals surface area contributed by atoms with E-state index < -0.39 is 6.23 Å². The van der Waals surface area contributed by atoms with Crippen LogP contribution in [0.4, 0.5) is 5.69 Å². The lowest BCUT2D eigenvalue weighted by Gasteiger charge is -2.25. The van der Waals surface area contributed by atoms with Crippen LogP contribution in [0.1, 0.15) is 12.0 Å². The molecule has 1 N–H and O–H groups in total. The van der Waals surface area contributed by atoms with Crippen molar-refractivity contribution in [3.05, 3.63) is 42.0 Å². The molecule has 2 bridgehead atoms. The van der Waals surface area contributed by atoms with Crippen molar-refractivity contribution >= 4 is 11.6 Å². The van der Waals surface area contributed by atoms with Gasteiger partial charge in [0.05, 0.1) is 5.92 Å². The first-order chi connectivity index (χ1) is 9.16. The molecule has 4 rings (SSSR count). The molecule has 2 fully saturated rings. The molecule has 1 aliphatic heterocycles. The van der Waals surface area contributed by atoms with Gasteiger partial charge < -0.3 is 5.11 Å². The Morgan fingerprint density at radius 2 is 2.05 bits per heavy atom. The Balaban J connectivity index is 1.74. The zero-order chi connectivity index (χ0) is 13.1. The first kappa shape index (κ1) is 11.2. The molecule has 1 heterocycles. The van der Waals surface area contributed by atoms with E-state index in [-0.39, 0.29) is 17.7 Å². The number of amides is 1. The number of fused-ring (bicyclic) bond motifs is 5. The zero-order valence-corrected chi connectivity index (χ0v) is 10.9. The average molecular weight is 255 g/mol. The average Bonchev–Trinajstić information content (AvgIpc) is 3.04. The summed E-state index contributed by atoms with van der Waals surface area (Å²) in [5.41, 5.74) is 1.93. The maximum absolute atomic E-state index is 12.6. The highest BCUT2D eigenvalue weighted by Crippen LogP contribution is 2.54. The molecule has 0 spiro atoms. The molecule has 2 aliphatic carbocycles. The van der Waals surface area contributed by atoms with Crippen molar-refractivity contribution in [1.82, 2.24) is 0 Å². The molecule has 1 aromatic rings. The monoisotopic (exact) mass is 255 g/mol. The first-order valence-corrected chi connectivity index (χ1v) is 6.93. The molecule has 19 heavy (non-hydrogen) atoms. The van der Waals surface area contributed by atoms with Gasteiger partial charge in [-0.2, -0.15) is 0 Å². The van der Waals surface area contributed by atoms with Crippen molar-refractivity contribution in [2.24, 2.45) is 23.7 Å². The summed E-state index contributed by atoms with van der Waals surface area (Å²) in [5, 5.41) is 10.6. The molecular weight excluding hydrogens is 238 g/mol. The van der Waals surface area contributed by atoms with Crippen molar-refractivity contribution in [2.75, 3.05) is 4.90 Å². The third-order valence-corrected chi connectivity index (χ3v) is 4.93. The standard InChI is InChI=1S/C16H17NO2/c1-9-3-2-4-12(7-9)17-15(18)13-10-5-6-11(8-10)14(13)16(17)19/h2-7,10-11,13-15,18H,8H2,1H3/t10-,11-,13+,14+,15-/m0/s1. The van der Waals surface area contributed by atoms with Gasteiger partial charge in [0.15, 0.2) is 0 Å². The Morgan fingerprint density at radius 1 is 1.26 bits per heavy atom. The lowest BCUT2D eigenvalue weighted by atomic mass is 9.85. The van der Waals surface area contributed by atoms with E-state index >= 15 is 0 Å². The van der Waals surface area contributed by atoms with E-state index in [9.17, 15) is 9.90 Å². The lowest BCUT2D eigenvalue weighted by Crippen LogP contribution is -2.36. The van der Waals surface area contributed by atoms with Crippen LogP contribution in [0.2, 0.25) is 0 Å². The van der Waals surface area contributed by atoms with Gasteiger partial charge in [0.2, 0.25) is 5.91 Å². The topological polar surface area (TPSA) is 40.5 Å². The molecule has 0 unspecified atom stereocenters. The number of carbonyl (C=O) groups excluding carboxylic acids is 1. The number of hydrogen-bond acceptors (Lipinski definition) is 2. The second-order valence-electron chi connectivity index (χ2n) is 6.01. The van der Waals surface area contributed by atoms with Gasteiger partial charge in [0.25, 0.3) is 0 Å². The van der Waals surface area contributed by atoms with E-state index in [2.05, 4.69) is 12.2 Å². The van der Waals surface area contributed by atoms with E-state index in [4.69, 9.17) is 0 Å². The highest BCUT2D eigenvalue weighted by molar-refractivity contribution is 5.99. The highest BCUT2D eigenvalue weighted by Gasteiger charge is 2.59. The van der Waals surface area contributed by atoms with Crippen molar-refractivity contribution < 1.29 is 9.90 Å². The molecule has 5 atom stereocenters. The Bertz CT molecular complexity index is 580. The van der Waals surface area contributed by atoms with Gasteiger partial charge in [-0.25, -0.2) is 0 Å². The van der Waals surface area contributed by atoms with Crippen LogP contribution < -0.4 is 4.90 Å². The van der Waals surface area contributed by atoms with E-state index in [0.29, 0.717) is 11.8 Å². The molecular formula is C16H17NO2. The SMILES string of the molecule is Cc1cccc(N2C(=O)[C@H]3[C@@H]([C@H]4C=C[C@H]3C4)[C@@H]2O)c1. The molecule has 98 valence electrons. The summed E-state index contributed by atoms with van der Waals surface area (Å²) in [4.78, 5) is 14.2. The largest absolute Gasteiger partial charge is 0.373 e. The van der Waals surface area contributed by atoms with Crippen LogP contribution in [0.3, 0.4) is 0 Å². The van der Waals surface area contributed by atoms with Gasteiger partial charge in [0, 0.05) is 11.6 Å². The van der Waals surface area contributed by atoms with Crippen molar-refractivity contribution in [3.8, 4) is 0 Å². The van der Waals surface area contributed by atoms with Crippen LogP contribution in [0.25, 0.3) is 0 Å². The summed E-state index contributed by atoms with van der Waals surface area (Å²) in [5.74, 6) is 0.893. The van der Waals surface area contributed by atoms with Gasteiger partial charge in [-0.15, -0.1) is 0 Å². The summed E-state index contributed by atoms with van der Waals surface area (Å²) in [6.45, 7) is 2.00. The first-order valence-electron chi connectivity index (χ1n) is 6.93. The molecule has 1 saturated carbocycles. The Labute approximate surface area is 112 Å². The van der Waals surface area contributed by atoms with Crippen molar-refractivity contribution in [1.29, 1.82) is 0 Å². The van der Waals surface area contributed by atoms with Crippen LogP contribution >= 0.6 is 0 Å². The Hall–Kier alpha value is -1.61. The number of nitrogens with zero attached hydrogens (tertiary/aromatic N) is 1. The highest BCUT2D eigenvalue weighted by atomic mass is 16.3. The van der Waals surface area contributed by atoms with Crippen LogP contribution in [0.5, 0.6) is 0 Å². The third kappa shape index (κ3) is 1.39. The van der Waals surface area contributed by atoms with Gasteiger partial charge in [-0.05, 0) is 42.9 Å². The van der Waals surface area contributed by atoms with Crippen LogP contribution in [-0.2, 0) is 4.79 Å². The van der Waals surface area contributed by atoms with E-state index in [0.717, 1.165) is 17.7 Å². The number of allylic oxidation sites excluding steroid dienone is 2. The molecule has 0 radical (unpaired) electrons. The minimum atomic E-state index is -0.667. The minimum Gasteiger partial charge on any atom is -0.373 e. The number of carbonyl (C=O) groups is 1. The predicted octanol–water partition coefficient (Wildman–Crippen LogP) is 2.10. The molecule has 0 aromatic heterocycles. The fourth-order valence-corrected chi connectivity index (χ4v) is 4.14. The minimum absolute atomic E-state index is 0.00878. The molecule has 3 heteroatoms. The predicted molar refractivity (Wildman–Crippen MR) is 72.4 cm³/mol. The number of rotatable bonds is 1. The van der Waals surface area contributed by atoms with Crippen molar-refractivity contribution in [3.63, 3.8) is 0 Å². The lowest BCUT2D eigenvalue weighted by molar-refractivity contribution is -0.121. The number of benzene rings is 1. The summed E-state index contributed by atoms with van der Waals surface area (Å²) < 4.78 is 0. The number of aliphatic hydroxyl groups excluding tert-OH is 1. The quantitative estimate of drug-likeness (QED) is 0.781. The molecule has 1 amide bonds. The molecule has 3 aliphatic rings. The van der Waals surface area contributed by atoms with Crippen LogP contribution in [0.15, 0.2) is 36.4 Å². The number of aryl methyl sites for hydroxylation is 1. The van der Waals surface area contributed by atoms with E-state index in [1.165, 1.54) is 0 Å². The number of hydrogen-bond donors (Lipinski definition) is 1. The fourth-order valence-electron chi connectivity index (χ4n) is 4.14. The Kier molecular flexibility index (Phi) is 2.19. The summed E-state index contributed by atoms with van der Waals surface area (Å²) in [6, 6.07) is 7.82. The van der Waals surface area contributed by atoms with Crippen molar-refractivity contribution in [2.45, 2.75) is 19.6 Å². The van der Waals surface area contributed by atoms with Gasteiger partial charge in [-0.1, -0.05) is 24.3 Å². The van der Waals surface area contributed by atoms with Crippen LogP contribution in [0, 0.1) is 30.6 Å². The summed E-state index contributed by atoms with van der Waals surface area (Å²) in [7, 11) is 0. The maximum Gasteiger partial charge on any atom is 0.233 e. The molecule has 1 aromatic carbocycles. The van der Waals surface area contributed by atoms with Gasteiger partial charge in [0.1, 0.15) is 6.23 Å². The summed E-state index contributed by atoms with van der Waals surface area (Å²) >= 11 is 0. The molecule has 3 nitrogen and oxygen atoms in total. The maximum atomic E-state index is 12.6. The number of aliphatic hydroxyl groups is 1. The molecule has 1 saturated heterocycles. The van der Waals surface area contributed by atoms with Crippen LogP contribution in [-0.4, -0.2) is 17.2 Å². The second-order valence-corrected chi connectivity index (χ2v) is 6.01. The zero-order valence-electron chi connectivity index (χ0n) is 10.9. The van der Waals surface area contributed by atoms with Gasteiger partial charge in [-0.3, -0.25) is 9.69 Å². The number of anilines is 1. The smallest absolute Gasteiger partial charge is 0.233 e. The fraction of sp³-hybridized carbons (Fsp3) is 0.438. The third-order valence-electron chi connectivity index (χ3n) is 4.93. The normalized spacial score (nSPS) is 39.2. The van der Waals surface area contributed by atoms with Gasteiger partial charge >= 0.3 is 0 Å². The van der Waals surface area contributed by atoms with E-state index in [1.807, 2.05) is 31.2 Å². The Morgan fingerprint density at radius 3 is 2.79 bits per heavy atom. The van der Waals surface area contributed by atoms with E-state index in [1.54, 1.807) is 4.90 Å². The summed E-state index contributed by atoms with van der Waals surface area (Å²) in [6.07, 6.45) is 4.72. The second kappa shape index (κ2) is 3.70.